The minimum Gasteiger partial charge on any atom is -0.456 e. The summed E-state index contributed by atoms with van der Waals surface area (Å²) in [6, 6.07) is 21.8. The van der Waals surface area contributed by atoms with Crippen LogP contribution in [0.25, 0.3) is 0 Å². The summed E-state index contributed by atoms with van der Waals surface area (Å²) < 4.78 is 43.2. The van der Waals surface area contributed by atoms with E-state index >= 15 is 4.79 Å². The zero-order chi connectivity index (χ0) is 55.3. The molecule has 11 atom stereocenters. The Labute approximate surface area is 441 Å². The van der Waals surface area contributed by atoms with Crippen molar-refractivity contribution < 1.29 is 76.6 Å². The number of benzene rings is 3. The molecule has 3 aromatic rings. The Balaban J connectivity index is 1.26. The van der Waals surface area contributed by atoms with Crippen LogP contribution in [0.15, 0.2) is 96.1 Å². The van der Waals surface area contributed by atoms with Crippen LogP contribution in [0.3, 0.4) is 0 Å². The number of fused-ring (bicyclic) bond motifs is 5. The van der Waals surface area contributed by atoms with Crippen LogP contribution in [0.4, 0.5) is 0 Å². The molecule has 0 aromatic heterocycles. The van der Waals surface area contributed by atoms with Crippen LogP contribution in [0.1, 0.15) is 98.7 Å². The minimum atomic E-state index is -2.35. The molecule has 3 aromatic carbocycles. The zero-order valence-corrected chi connectivity index (χ0v) is 44.2. The van der Waals surface area contributed by atoms with E-state index in [0.29, 0.717) is 11.1 Å². The van der Waals surface area contributed by atoms with E-state index in [1.54, 1.807) is 108 Å². The Morgan fingerprint density at radius 1 is 0.816 bits per heavy atom. The first-order valence-corrected chi connectivity index (χ1v) is 25.2. The maximum absolute atomic E-state index is 15.9. The number of esters is 4. The highest BCUT2D eigenvalue weighted by molar-refractivity contribution is 5.96. The topological polar surface area (TPSA) is 270 Å². The third kappa shape index (κ3) is 10.9. The molecule has 1 saturated heterocycles. The van der Waals surface area contributed by atoms with Crippen molar-refractivity contribution in [3.63, 3.8) is 0 Å². The number of ether oxygens (including phenoxy) is 7. The second kappa shape index (κ2) is 23.2. The van der Waals surface area contributed by atoms with Gasteiger partial charge in [-0.25, -0.2) is 9.59 Å². The number of methoxy groups -OCH3 is 2. The van der Waals surface area contributed by atoms with Crippen LogP contribution in [0.2, 0.25) is 0 Å². The molecule has 1 aliphatic heterocycles. The third-order valence-corrected chi connectivity index (χ3v) is 15.6. The van der Waals surface area contributed by atoms with Crippen molar-refractivity contribution in [2.45, 2.75) is 121 Å². The average Bonchev–Trinajstić information content (AvgIpc) is 3.57. The molecular weight excluding hydrogens is 985 g/mol. The quantitative estimate of drug-likeness (QED) is 0.0654. The van der Waals surface area contributed by atoms with Crippen LogP contribution >= 0.6 is 0 Å². The van der Waals surface area contributed by atoms with E-state index in [9.17, 15) is 38.7 Å². The number of rotatable bonds is 19. The number of ketones is 1. The fourth-order valence-corrected chi connectivity index (χ4v) is 11.7. The number of aliphatic hydroxyl groups is 1. The third-order valence-electron chi connectivity index (χ3n) is 15.6. The summed E-state index contributed by atoms with van der Waals surface area (Å²) >= 11 is 0. The van der Waals surface area contributed by atoms with Crippen molar-refractivity contribution in [2.75, 3.05) is 41.0 Å². The molecule has 0 radical (unpaired) electrons. The molecule has 3 aliphatic carbocycles. The van der Waals surface area contributed by atoms with Crippen molar-refractivity contribution in [1.82, 2.24) is 21.3 Å². The fraction of sp³-hybridized carbons (Fsp3) is 0.500. The van der Waals surface area contributed by atoms with Gasteiger partial charge in [-0.2, -0.15) is 0 Å². The lowest BCUT2D eigenvalue weighted by molar-refractivity contribution is -0.347. The molecule has 7 rings (SSSR count). The molecule has 408 valence electrons. The summed E-state index contributed by atoms with van der Waals surface area (Å²) in [6.07, 6.45) is -8.83. The lowest BCUT2D eigenvalue weighted by Crippen LogP contribution is -2.82. The number of carbonyl (C=O) groups excluding carboxylic acids is 8. The summed E-state index contributed by atoms with van der Waals surface area (Å²) in [5, 5.41) is 25.1. The Kier molecular flexibility index (Phi) is 17.3. The Morgan fingerprint density at radius 2 is 1.47 bits per heavy atom. The van der Waals surface area contributed by atoms with E-state index in [4.69, 9.17) is 33.2 Å². The first-order chi connectivity index (χ1) is 36.1. The smallest absolute Gasteiger partial charge is 0.338 e. The van der Waals surface area contributed by atoms with Gasteiger partial charge in [0.25, 0.3) is 5.91 Å². The van der Waals surface area contributed by atoms with Crippen molar-refractivity contribution in [2.24, 2.45) is 16.7 Å². The number of carbonyl (C=O) groups is 8. The number of Topliss-reactive ketones (excluding diaryl/α,β-unsaturated/α-hetero) is 1. The van der Waals surface area contributed by atoms with Crippen LogP contribution in [0, 0.1) is 16.7 Å². The van der Waals surface area contributed by atoms with E-state index < -0.39 is 113 Å². The van der Waals surface area contributed by atoms with Gasteiger partial charge >= 0.3 is 23.9 Å². The largest absolute Gasteiger partial charge is 0.456 e. The molecule has 2 bridgehead atoms. The molecule has 2 saturated carbocycles. The molecule has 5 N–H and O–H groups in total. The van der Waals surface area contributed by atoms with Crippen LogP contribution < -0.4 is 21.3 Å². The highest BCUT2D eigenvalue weighted by atomic mass is 16.6. The molecule has 20 nitrogen and oxygen atoms in total. The summed E-state index contributed by atoms with van der Waals surface area (Å²) in [5.41, 5.74) is -5.78. The molecule has 3 amide bonds. The van der Waals surface area contributed by atoms with Crippen molar-refractivity contribution in [3.05, 3.63) is 118 Å². The Hall–Kier alpha value is -6.84. The van der Waals surface area contributed by atoms with Gasteiger partial charge in [0.2, 0.25) is 11.8 Å². The number of hydrogen-bond donors (Lipinski definition) is 5. The van der Waals surface area contributed by atoms with E-state index in [2.05, 4.69) is 21.3 Å². The van der Waals surface area contributed by atoms with Crippen molar-refractivity contribution in [3.8, 4) is 0 Å². The van der Waals surface area contributed by atoms with Crippen LogP contribution in [-0.2, 0) is 68.5 Å². The van der Waals surface area contributed by atoms with Gasteiger partial charge in [-0.05, 0) is 67.4 Å². The highest BCUT2D eigenvalue weighted by Gasteiger charge is 2.78. The Morgan fingerprint density at radius 3 is 2.05 bits per heavy atom. The van der Waals surface area contributed by atoms with Gasteiger partial charge in [-0.3, -0.25) is 28.8 Å². The highest BCUT2D eigenvalue weighted by Crippen LogP contribution is 2.65. The Bertz CT molecular complexity index is 2720. The summed E-state index contributed by atoms with van der Waals surface area (Å²) in [5.74, 6) is -6.76. The molecular formula is C56H68N4O16. The van der Waals surface area contributed by atoms with Gasteiger partial charge in [0, 0.05) is 71.4 Å². The molecule has 76 heavy (non-hydrogen) atoms. The van der Waals surface area contributed by atoms with Gasteiger partial charge in [-0.15, -0.1) is 0 Å². The maximum Gasteiger partial charge on any atom is 0.338 e. The molecule has 0 spiro atoms. The predicted molar refractivity (Wildman–Crippen MR) is 271 cm³/mol. The molecule has 3 fully saturated rings. The predicted octanol–water partition coefficient (Wildman–Crippen LogP) is 3.39. The zero-order valence-electron chi connectivity index (χ0n) is 44.2. The summed E-state index contributed by atoms with van der Waals surface area (Å²) in [6.45, 7) is 8.89. The van der Waals surface area contributed by atoms with Crippen LogP contribution in [0.5, 0.6) is 0 Å². The van der Waals surface area contributed by atoms with Crippen LogP contribution in [-0.4, -0.2) is 141 Å². The normalized spacial score (nSPS) is 28.0. The number of likely N-dealkylation sites (N-methyl/N-ethyl adjacent to an activating group) is 1. The van der Waals surface area contributed by atoms with Gasteiger partial charge in [0.15, 0.2) is 23.6 Å². The van der Waals surface area contributed by atoms with E-state index in [1.807, 2.05) is 0 Å². The summed E-state index contributed by atoms with van der Waals surface area (Å²) in [4.78, 5) is 110. The first-order valence-electron chi connectivity index (χ1n) is 25.2. The van der Waals surface area contributed by atoms with Gasteiger partial charge in [-0.1, -0.05) is 74.5 Å². The van der Waals surface area contributed by atoms with Gasteiger partial charge in [0.05, 0.1) is 42.2 Å². The second-order valence-corrected chi connectivity index (χ2v) is 20.5. The van der Waals surface area contributed by atoms with E-state index in [0.717, 1.165) is 6.92 Å². The lowest BCUT2D eigenvalue weighted by Gasteiger charge is -2.67. The maximum atomic E-state index is 15.9. The SMILES string of the molecule is CNCC(=O)NCCC(=O)NCc1ccc(C(=O)N[C@@H](c2ccccc2)[C@@H](OC)C(=O)O[C@H]2C[C@@]3(O)[C@@H](OC(=O)c4ccccc4)[C@@H]4[C@]5(OC(C)=O)CO[C@@H]5C[C@H](OC)[C@@]4(C)C(=O)[C@H](OC(C)=O)C(=C2C)C3(C)C)cc1. The van der Waals surface area contributed by atoms with E-state index in [-0.39, 0.29) is 73.2 Å². The number of nitrogens with one attached hydrogen (secondary N) is 4. The standard InChI is InChI=1S/C56H68N4O16/c1-31-38(74-52(68)46(71-9)44(35-16-12-10-13-17-35)60-50(66)36-22-20-34(21-23-36)28-59-41(63)24-25-58-42(64)29-57-7)27-56(69)49(75-51(67)37-18-14-11-15-19-37)47-54(6,48(65)45(73-32(2)61)43(31)53(56,4)5)39(70-8)26-40-55(47,30-72-40)76-33(3)62/h10-23,38-40,44-47,49,57,69H,24-30H2,1-9H3,(H,58,64)(H,59,63)(H,60,66)/t38-,39-,40+,44-,45+,46+,47-,49-,54+,55-,56+/m0/s1. The molecule has 20 heteroatoms. The number of amides is 3. The summed E-state index contributed by atoms with van der Waals surface area (Å²) in [7, 11) is 4.29. The van der Waals surface area contributed by atoms with Gasteiger partial charge in [0.1, 0.15) is 23.9 Å². The minimum absolute atomic E-state index is 0.0268. The van der Waals surface area contributed by atoms with Crippen molar-refractivity contribution in [1.29, 1.82) is 0 Å². The molecule has 1 heterocycles. The molecule has 4 aliphatic rings. The number of hydrogen-bond acceptors (Lipinski definition) is 17. The average molecular weight is 1050 g/mol. The van der Waals surface area contributed by atoms with Gasteiger partial charge < -0.3 is 59.5 Å². The second-order valence-electron chi connectivity index (χ2n) is 20.5. The molecule has 0 unspecified atom stereocenters. The van der Waals surface area contributed by atoms with Crippen molar-refractivity contribution >= 4 is 47.4 Å². The monoisotopic (exact) mass is 1050 g/mol. The van der Waals surface area contributed by atoms with E-state index in [1.165, 1.54) is 33.3 Å². The fourth-order valence-electron chi connectivity index (χ4n) is 11.7. The first kappa shape index (κ1) is 56.9. The lowest BCUT2D eigenvalue weighted by atomic mass is 9.44.